The van der Waals surface area contributed by atoms with Crippen molar-refractivity contribution in [3.8, 4) is 0 Å². The minimum atomic E-state index is -0.347. The molecule has 1 aromatic rings. The molecule has 1 aromatic heterocycles. The largest absolute Gasteiger partial charge is 0.372 e. The van der Waals surface area contributed by atoms with Gasteiger partial charge in [-0.15, -0.1) is 11.3 Å². The molecule has 0 bridgehead atoms. The van der Waals surface area contributed by atoms with Gasteiger partial charge in [-0.25, -0.2) is 10.8 Å². The third-order valence-electron chi connectivity index (χ3n) is 3.66. The zero-order valence-electron chi connectivity index (χ0n) is 11.2. The summed E-state index contributed by atoms with van der Waals surface area (Å²) in [7, 11) is 0. The summed E-state index contributed by atoms with van der Waals surface area (Å²) in [6, 6.07) is 0. The Labute approximate surface area is 117 Å². The Morgan fingerprint density at radius 3 is 3.21 bits per heavy atom. The van der Waals surface area contributed by atoms with E-state index in [0.717, 1.165) is 24.5 Å². The van der Waals surface area contributed by atoms with Crippen molar-refractivity contribution >= 4 is 17.2 Å². The molecule has 1 saturated carbocycles. The fraction of sp³-hybridized carbons (Fsp3) is 0.692. The van der Waals surface area contributed by atoms with Crippen molar-refractivity contribution in [1.29, 1.82) is 0 Å². The second kappa shape index (κ2) is 6.98. The van der Waals surface area contributed by atoms with Gasteiger partial charge in [0.15, 0.2) is 5.01 Å². The highest BCUT2D eigenvalue weighted by molar-refractivity contribution is 7.11. The number of amides is 1. The summed E-state index contributed by atoms with van der Waals surface area (Å²) in [5, 5.41) is 2.24. The SMILES string of the molecule is CCC1CCCC(OCc2csc(C(=O)NN)n2)C1. The normalized spacial score (nSPS) is 23.3. The Morgan fingerprint density at radius 2 is 2.47 bits per heavy atom. The number of nitrogens with one attached hydrogen (secondary N) is 1. The molecule has 0 spiro atoms. The van der Waals surface area contributed by atoms with Crippen molar-refractivity contribution < 1.29 is 9.53 Å². The maximum Gasteiger partial charge on any atom is 0.294 e. The van der Waals surface area contributed by atoms with E-state index in [0.29, 0.717) is 17.7 Å². The monoisotopic (exact) mass is 283 g/mol. The highest BCUT2D eigenvalue weighted by Crippen LogP contribution is 2.29. The molecule has 19 heavy (non-hydrogen) atoms. The van der Waals surface area contributed by atoms with Crippen LogP contribution >= 0.6 is 11.3 Å². The van der Waals surface area contributed by atoms with E-state index in [9.17, 15) is 4.79 Å². The van der Waals surface area contributed by atoms with Crippen LogP contribution in [0.1, 0.15) is 54.5 Å². The maximum absolute atomic E-state index is 11.3. The fourth-order valence-electron chi connectivity index (χ4n) is 2.51. The van der Waals surface area contributed by atoms with E-state index in [-0.39, 0.29) is 5.91 Å². The van der Waals surface area contributed by atoms with Crippen molar-refractivity contribution in [3.05, 3.63) is 16.1 Å². The molecule has 0 aromatic carbocycles. The van der Waals surface area contributed by atoms with Crippen LogP contribution < -0.4 is 11.3 Å². The Kier molecular flexibility index (Phi) is 5.30. The number of hydrazine groups is 1. The zero-order valence-corrected chi connectivity index (χ0v) is 12.0. The van der Waals surface area contributed by atoms with Crippen LogP contribution in [0, 0.1) is 5.92 Å². The average molecular weight is 283 g/mol. The third kappa shape index (κ3) is 3.99. The summed E-state index contributed by atoms with van der Waals surface area (Å²) < 4.78 is 5.91. The fourth-order valence-corrected chi connectivity index (χ4v) is 3.21. The van der Waals surface area contributed by atoms with Gasteiger partial charge in [0.2, 0.25) is 0 Å². The van der Waals surface area contributed by atoms with Crippen molar-refractivity contribution in [2.75, 3.05) is 0 Å². The first-order valence-corrected chi connectivity index (χ1v) is 7.67. The lowest BCUT2D eigenvalue weighted by atomic mass is 9.85. The van der Waals surface area contributed by atoms with E-state index in [2.05, 4.69) is 17.3 Å². The van der Waals surface area contributed by atoms with Crippen LogP contribution in [0.4, 0.5) is 0 Å². The molecule has 1 aliphatic rings. The van der Waals surface area contributed by atoms with Crippen LogP contribution in [0.2, 0.25) is 0 Å². The number of nitrogens with two attached hydrogens (primary N) is 1. The summed E-state index contributed by atoms with van der Waals surface area (Å²) in [5.41, 5.74) is 2.89. The number of aromatic nitrogens is 1. The van der Waals surface area contributed by atoms with E-state index in [1.165, 1.54) is 30.6 Å². The van der Waals surface area contributed by atoms with Gasteiger partial charge in [0.1, 0.15) is 0 Å². The Bertz CT molecular complexity index is 422. The summed E-state index contributed by atoms with van der Waals surface area (Å²) in [4.78, 5) is 15.5. The molecule has 1 aliphatic carbocycles. The van der Waals surface area contributed by atoms with Crippen LogP contribution in [0.15, 0.2) is 5.38 Å². The molecule has 0 aliphatic heterocycles. The first kappa shape index (κ1) is 14.4. The van der Waals surface area contributed by atoms with Crippen molar-refractivity contribution in [2.45, 2.75) is 51.7 Å². The van der Waals surface area contributed by atoms with E-state index in [4.69, 9.17) is 10.6 Å². The second-order valence-electron chi connectivity index (χ2n) is 4.99. The zero-order chi connectivity index (χ0) is 13.7. The summed E-state index contributed by atoms with van der Waals surface area (Å²) in [6.07, 6.45) is 6.44. The van der Waals surface area contributed by atoms with Gasteiger partial charge in [0.25, 0.3) is 5.91 Å². The smallest absolute Gasteiger partial charge is 0.294 e. The van der Waals surface area contributed by atoms with Gasteiger partial charge in [0, 0.05) is 5.38 Å². The number of nitrogens with zero attached hydrogens (tertiary/aromatic N) is 1. The molecule has 1 fully saturated rings. The van der Waals surface area contributed by atoms with Crippen LogP contribution in [0.3, 0.4) is 0 Å². The molecule has 2 atom stereocenters. The van der Waals surface area contributed by atoms with Gasteiger partial charge in [0.05, 0.1) is 18.4 Å². The summed E-state index contributed by atoms with van der Waals surface area (Å²) >= 11 is 1.29. The second-order valence-corrected chi connectivity index (χ2v) is 5.85. The van der Waals surface area contributed by atoms with Gasteiger partial charge in [-0.1, -0.05) is 26.2 Å². The van der Waals surface area contributed by atoms with Crippen molar-refractivity contribution in [3.63, 3.8) is 0 Å². The number of thiazole rings is 1. The first-order chi connectivity index (χ1) is 9.22. The molecule has 1 amide bonds. The van der Waals surface area contributed by atoms with Crippen molar-refractivity contribution in [2.24, 2.45) is 11.8 Å². The van der Waals surface area contributed by atoms with Crippen LogP contribution in [-0.4, -0.2) is 17.0 Å². The topological polar surface area (TPSA) is 77.2 Å². The number of nitrogen functional groups attached to an aromatic ring is 1. The van der Waals surface area contributed by atoms with E-state index >= 15 is 0 Å². The molecule has 2 unspecified atom stereocenters. The molecule has 2 rings (SSSR count). The number of carbonyl (C=O) groups excluding carboxylic acids is 1. The molecule has 106 valence electrons. The minimum Gasteiger partial charge on any atom is -0.372 e. The van der Waals surface area contributed by atoms with E-state index in [1.54, 1.807) is 0 Å². The van der Waals surface area contributed by atoms with Crippen LogP contribution in [-0.2, 0) is 11.3 Å². The standard InChI is InChI=1S/C13H21N3O2S/c1-2-9-4-3-5-11(6-9)18-7-10-8-19-13(15-10)12(17)16-14/h8-9,11H,2-7,14H2,1H3,(H,16,17). The lowest BCUT2D eigenvalue weighted by Crippen LogP contribution is -2.29. The Hall–Kier alpha value is -0.980. The van der Waals surface area contributed by atoms with Crippen molar-refractivity contribution in [1.82, 2.24) is 10.4 Å². The maximum atomic E-state index is 11.3. The number of hydrogen-bond acceptors (Lipinski definition) is 5. The quantitative estimate of drug-likeness (QED) is 0.493. The molecular weight excluding hydrogens is 262 g/mol. The molecule has 0 saturated heterocycles. The molecule has 0 radical (unpaired) electrons. The lowest BCUT2D eigenvalue weighted by molar-refractivity contribution is 0.000517. The molecule has 5 nitrogen and oxygen atoms in total. The van der Waals surface area contributed by atoms with E-state index < -0.39 is 0 Å². The first-order valence-electron chi connectivity index (χ1n) is 6.79. The molecule has 1 heterocycles. The summed E-state index contributed by atoms with van der Waals surface area (Å²) in [6.45, 7) is 2.72. The van der Waals surface area contributed by atoms with Crippen LogP contribution in [0.5, 0.6) is 0 Å². The number of carbonyl (C=O) groups is 1. The average Bonchev–Trinajstić information content (AvgIpc) is 2.93. The number of hydrogen-bond donors (Lipinski definition) is 2. The lowest BCUT2D eigenvalue weighted by Gasteiger charge is -2.28. The van der Waals surface area contributed by atoms with Gasteiger partial charge in [-0.05, 0) is 18.8 Å². The molecule has 3 N–H and O–H groups in total. The molecular formula is C13H21N3O2S. The summed E-state index contributed by atoms with van der Waals surface area (Å²) in [5.74, 6) is 5.52. The predicted octanol–water partition coefficient (Wildman–Crippen LogP) is 2.23. The third-order valence-corrected chi connectivity index (χ3v) is 4.55. The predicted molar refractivity (Wildman–Crippen MR) is 74.6 cm³/mol. The molecule has 6 heteroatoms. The van der Waals surface area contributed by atoms with Gasteiger partial charge in [-0.3, -0.25) is 10.2 Å². The Morgan fingerprint density at radius 1 is 1.63 bits per heavy atom. The van der Waals surface area contributed by atoms with Gasteiger partial charge < -0.3 is 4.74 Å². The van der Waals surface area contributed by atoms with Gasteiger partial charge in [-0.2, -0.15) is 0 Å². The highest BCUT2D eigenvalue weighted by atomic mass is 32.1. The number of ether oxygens (including phenoxy) is 1. The number of rotatable bonds is 5. The Balaban J connectivity index is 1.81. The van der Waals surface area contributed by atoms with E-state index in [1.807, 2.05) is 5.38 Å². The van der Waals surface area contributed by atoms with Gasteiger partial charge >= 0.3 is 0 Å². The van der Waals surface area contributed by atoms with Crippen LogP contribution in [0.25, 0.3) is 0 Å². The highest BCUT2D eigenvalue weighted by Gasteiger charge is 2.21. The minimum absolute atomic E-state index is 0.340.